The van der Waals surface area contributed by atoms with E-state index < -0.39 is 5.97 Å². The Hall–Kier alpha value is -2.82. The molecule has 1 heterocycles. The standard InChI is InChI=1S/C24H27N3O2/c1-14-12-18(8-11-21(14)25)27-23(15-4-2-3-5-15)20-10-6-16-13-17(24(28)29)7-9-19(16)22(20)26-27/h7-9,11-13,15,20,23H,2-6,10,25H2,1H3,(H,28,29). The SMILES string of the molecule is Cc1cc(N2N=C3c4ccc(C(=O)O)cc4CCC3C2C2CCCC2)ccc1N. The number of benzene rings is 2. The summed E-state index contributed by atoms with van der Waals surface area (Å²) in [6.45, 7) is 2.04. The number of nitrogens with zero attached hydrogens (tertiary/aromatic N) is 2. The van der Waals surface area contributed by atoms with E-state index >= 15 is 0 Å². The van der Waals surface area contributed by atoms with E-state index in [1.54, 1.807) is 6.07 Å². The molecular weight excluding hydrogens is 362 g/mol. The van der Waals surface area contributed by atoms with Crippen molar-refractivity contribution in [3.05, 3.63) is 58.7 Å². The lowest BCUT2D eigenvalue weighted by molar-refractivity contribution is 0.0696. The van der Waals surface area contributed by atoms with Crippen LogP contribution >= 0.6 is 0 Å². The second-order valence-electron chi connectivity index (χ2n) is 8.73. The lowest BCUT2D eigenvalue weighted by Gasteiger charge is -2.34. The van der Waals surface area contributed by atoms with E-state index in [9.17, 15) is 9.90 Å². The largest absolute Gasteiger partial charge is 0.478 e. The number of carbonyl (C=O) groups is 1. The Morgan fingerprint density at radius 3 is 2.66 bits per heavy atom. The molecule has 150 valence electrons. The molecule has 2 atom stereocenters. The average molecular weight is 389 g/mol. The lowest BCUT2D eigenvalue weighted by atomic mass is 9.75. The van der Waals surface area contributed by atoms with Gasteiger partial charge in [-0.25, -0.2) is 4.79 Å². The van der Waals surface area contributed by atoms with Crippen molar-refractivity contribution >= 4 is 23.1 Å². The quantitative estimate of drug-likeness (QED) is 0.751. The summed E-state index contributed by atoms with van der Waals surface area (Å²) in [7, 11) is 0. The summed E-state index contributed by atoms with van der Waals surface area (Å²) >= 11 is 0. The van der Waals surface area contributed by atoms with Crippen molar-refractivity contribution in [1.82, 2.24) is 0 Å². The Morgan fingerprint density at radius 1 is 1.14 bits per heavy atom. The molecule has 0 radical (unpaired) electrons. The van der Waals surface area contributed by atoms with Gasteiger partial charge in [0, 0.05) is 17.2 Å². The Bertz CT molecular complexity index is 1010. The topological polar surface area (TPSA) is 78.9 Å². The highest BCUT2D eigenvalue weighted by Crippen LogP contribution is 2.45. The van der Waals surface area contributed by atoms with E-state index in [4.69, 9.17) is 10.8 Å². The maximum atomic E-state index is 11.4. The van der Waals surface area contributed by atoms with E-state index in [-0.39, 0.29) is 0 Å². The summed E-state index contributed by atoms with van der Waals surface area (Å²) in [6.07, 6.45) is 7.07. The molecule has 2 aromatic rings. The van der Waals surface area contributed by atoms with E-state index in [2.05, 4.69) is 17.1 Å². The van der Waals surface area contributed by atoms with Gasteiger partial charge >= 0.3 is 5.97 Å². The van der Waals surface area contributed by atoms with Gasteiger partial charge in [-0.1, -0.05) is 18.9 Å². The molecule has 3 N–H and O–H groups in total. The van der Waals surface area contributed by atoms with E-state index in [0.29, 0.717) is 23.4 Å². The maximum Gasteiger partial charge on any atom is 0.335 e. The summed E-state index contributed by atoms with van der Waals surface area (Å²) in [6, 6.07) is 12.1. The van der Waals surface area contributed by atoms with Crippen molar-refractivity contribution in [1.29, 1.82) is 0 Å². The number of hydrogen-bond acceptors (Lipinski definition) is 4. The molecule has 0 spiro atoms. The van der Waals surface area contributed by atoms with Crippen molar-refractivity contribution in [2.45, 2.75) is 51.5 Å². The average Bonchev–Trinajstić information content (AvgIpc) is 3.36. The van der Waals surface area contributed by atoms with Crippen LogP contribution in [0.1, 0.15) is 59.2 Å². The summed E-state index contributed by atoms with van der Waals surface area (Å²) in [5.41, 5.74) is 12.8. The number of hydrogen-bond donors (Lipinski definition) is 2. The summed E-state index contributed by atoms with van der Waals surface area (Å²) in [5.74, 6) is 0.184. The number of hydrazone groups is 1. The molecule has 0 bridgehead atoms. The minimum atomic E-state index is -0.869. The second-order valence-corrected chi connectivity index (χ2v) is 8.73. The smallest absolute Gasteiger partial charge is 0.335 e. The van der Waals surface area contributed by atoms with Crippen LogP contribution in [0.4, 0.5) is 11.4 Å². The molecule has 3 aliphatic rings. The van der Waals surface area contributed by atoms with Gasteiger partial charge in [-0.15, -0.1) is 0 Å². The van der Waals surface area contributed by atoms with Crippen LogP contribution in [-0.2, 0) is 6.42 Å². The number of aryl methyl sites for hydroxylation is 2. The highest BCUT2D eigenvalue weighted by atomic mass is 16.4. The molecule has 0 amide bonds. The predicted octanol–water partition coefficient (Wildman–Crippen LogP) is 4.62. The molecule has 1 saturated carbocycles. The molecule has 5 heteroatoms. The van der Waals surface area contributed by atoms with Crippen LogP contribution in [0.3, 0.4) is 0 Å². The lowest BCUT2D eigenvalue weighted by Crippen LogP contribution is -2.40. The van der Waals surface area contributed by atoms with Gasteiger partial charge in [-0.3, -0.25) is 5.01 Å². The minimum absolute atomic E-state index is 0.360. The zero-order valence-corrected chi connectivity index (χ0v) is 16.8. The van der Waals surface area contributed by atoms with E-state index in [1.165, 1.54) is 25.7 Å². The summed E-state index contributed by atoms with van der Waals surface area (Å²) in [5, 5.41) is 16.8. The van der Waals surface area contributed by atoms with Gasteiger partial charge in [0.05, 0.1) is 23.0 Å². The maximum absolute atomic E-state index is 11.4. The molecular formula is C24H27N3O2. The predicted molar refractivity (Wildman–Crippen MR) is 116 cm³/mol. The van der Waals surface area contributed by atoms with Crippen LogP contribution in [0.5, 0.6) is 0 Å². The van der Waals surface area contributed by atoms with Gasteiger partial charge in [0.25, 0.3) is 0 Å². The second kappa shape index (κ2) is 6.90. The van der Waals surface area contributed by atoms with Crippen LogP contribution in [0, 0.1) is 18.8 Å². The van der Waals surface area contributed by atoms with Crippen LogP contribution in [0.25, 0.3) is 0 Å². The molecule has 5 nitrogen and oxygen atoms in total. The summed E-state index contributed by atoms with van der Waals surface area (Å²) in [4.78, 5) is 11.4. The van der Waals surface area contributed by atoms with Gasteiger partial charge in [0.2, 0.25) is 0 Å². The van der Waals surface area contributed by atoms with Crippen molar-refractivity contribution in [3.63, 3.8) is 0 Å². The Labute approximate surface area is 171 Å². The van der Waals surface area contributed by atoms with Crippen LogP contribution in [0.15, 0.2) is 41.5 Å². The highest BCUT2D eigenvalue weighted by molar-refractivity contribution is 6.07. The zero-order chi connectivity index (χ0) is 20.1. The fourth-order valence-electron chi connectivity index (χ4n) is 5.50. The van der Waals surface area contributed by atoms with Gasteiger partial charge in [-0.2, -0.15) is 5.10 Å². The third-order valence-electron chi connectivity index (χ3n) is 7.01. The molecule has 5 rings (SSSR count). The molecule has 1 fully saturated rings. The van der Waals surface area contributed by atoms with E-state index in [1.807, 2.05) is 25.1 Å². The molecule has 29 heavy (non-hydrogen) atoms. The Kier molecular flexibility index (Phi) is 4.34. The molecule has 2 unspecified atom stereocenters. The first-order chi connectivity index (χ1) is 14.0. The fraction of sp³-hybridized carbons (Fsp3) is 0.417. The number of nitrogen functional groups attached to an aromatic ring is 1. The molecule has 2 aromatic carbocycles. The monoisotopic (exact) mass is 389 g/mol. The van der Waals surface area contributed by atoms with Crippen molar-refractivity contribution in [2.24, 2.45) is 16.9 Å². The molecule has 1 aliphatic heterocycles. The number of rotatable bonds is 3. The van der Waals surface area contributed by atoms with Crippen molar-refractivity contribution in [2.75, 3.05) is 10.7 Å². The van der Waals surface area contributed by atoms with Gasteiger partial charge in [-0.05, 0) is 80.0 Å². The minimum Gasteiger partial charge on any atom is -0.478 e. The number of aromatic carboxylic acids is 1. The zero-order valence-electron chi connectivity index (χ0n) is 16.8. The number of carboxylic acid groups (broad SMARTS) is 1. The van der Waals surface area contributed by atoms with Crippen LogP contribution < -0.4 is 10.7 Å². The number of fused-ring (bicyclic) bond motifs is 3. The van der Waals surface area contributed by atoms with Crippen molar-refractivity contribution < 1.29 is 9.90 Å². The van der Waals surface area contributed by atoms with Crippen molar-refractivity contribution in [3.8, 4) is 0 Å². The first-order valence-electron chi connectivity index (χ1n) is 10.6. The third-order valence-corrected chi connectivity index (χ3v) is 7.01. The first-order valence-corrected chi connectivity index (χ1v) is 10.6. The molecule has 2 aliphatic carbocycles. The van der Waals surface area contributed by atoms with Gasteiger partial charge in [0.15, 0.2) is 0 Å². The van der Waals surface area contributed by atoms with Crippen LogP contribution in [-0.4, -0.2) is 22.8 Å². The Morgan fingerprint density at radius 2 is 1.93 bits per heavy atom. The van der Waals surface area contributed by atoms with E-state index in [0.717, 1.165) is 46.6 Å². The first kappa shape index (κ1) is 18.2. The van der Waals surface area contributed by atoms with Gasteiger partial charge < -0.3 is 10.8 Å². The number of anilines is 2. The highest BCUT2D eigenvalue weighted by Gasteiger charge is 2.45. The van der Waals surface area contributed by atoms with Gasteiger partial charge in [0.1, 0.15) is 0 Å². The molecule has 0 saturated heterocycles. The summed E-state index contributed by atoms with van der Waals surface area (Å²) < 4.78 is 0. The normalized spacial score (nSPS) is 23.6. The molecule has 0 aromatic heterocycles. The number of carboxylic acids is 1. The Balaban J connectivity index is 1.59. The number of nitrogens with two attached hydrogens (primary N) is 1. The third kappa shape index (κ3) is 3.00. The fourth-order valence-corrected chi connectivity index (χ4v) is 5.50. The van der Waals surface area contributed by atoms with Crippen LogP contribution in [0.2, 0.25) is 0 Å².